The van der Waals surface area contributed by atoms with Crippen molar-refractivity contribution in [3.63, 3.8) is 0 Å². The molecule has 0 N–H and O–H groups in total. The summed E-state index contributed by atoms with van der Waals surface area (Å²) < 4.78 is 5.67. The van der Waals surface area contributed by atoms with Crippen LogP contribution in [0.4, 0.5) is 0 Å². The van der Waals surface area contributed by atoms with Gasteiger partial charge < -0.3 is 4.74 Å². The first-order valence-corrected chi connectivity index (χ1v) is 5.35. The molecule has 0 saturated carbocycles. The molecule has 1 aliphatic heterocycles. The Morgan fingerprint density at radius 3 is 2.08 bits per heavy atom. The molecule has 1 rings (SSSR count). The molecule has 1 atom stereocenters. The second kappa shape index (κ2) is 4.28. The van der Waals surface area contributed by atoms with E-state index in [0.29, 0.717) is 17.9 Å². The maximum atomic E-state index is 5.67. The van der Waals surface area contributed by atoms with Gasteiger partial charge in [-0.05, 0) is 30.8 Å². The van der Waals surface area contributed by atoms with Crippen LogP contribution in [-0.4, -0.2) is 12.7 Å². The molecule has 0 amide bonds. The fourth-order valence-corrected chi connectivity index (χ4v) is 1.97. The van der Waals surface area contributed by atoms with Gasteiger partial charge in [-0.25, -0.2) is 0 Å². The molecule has 0 radical (unpaired) electrons. The highest BCUT2D eigenvalue weighted by atomic mass is 16.5. The van der Waals surface area contributed by atoms with Crippen LogP contribution in [0, 0.1) is 11.8 Å². The highest BCUT2D eigenvalue weighted by Crippen LogP contribution is 2.30. The molecule has 1 nitrogen and oxygen atoms in total. The maximum absolute atomic E-state index is 5.67. The average molecular weight is 182 g/mol. The van der Waals surface area contributed by atoms with Crippen LogP contribution in [0.15, 0.2) is 11.1 Å². The standard InChI is InChI=1S/C12H22O/c1-8(2)11-6-10(5)13-7-12(11)9(3)4/h8-10H,6-7H2,1-5H3. The molecule has 0 aromatic carbocycles. The summed E-state index contributed by atoms with van der Waals surface area (Å²) in [5.41, 5.74) is 3.17. The molecule has 0 aromatic heterocycles. The van der Waals surface area contributed by atoms with Gasteiger partial charge in [-0.2, -0.15) is 0 Å². The highest BCUT2D eigenvalue weighted by Gasteiger charge is 2.21. The zero-order chi connectivity index (χ0) is 10.0. The molecule has 13 heavy (non-hydrogen) atoms. The molecule has 0 saturated heterocycles. The van der Waals surface area contributed by atoms with Gasteiger partial charge in [-0.1, -0.05) is 33.3 Å². The van der Waals surface area contributed by atoms with Crippen LogP contribution in [0.5, 0.6) is 0 Å². The minimum absolute atomic E-state index is 0.417. The van der Waals surface area contributed by atoms with Gasteiger partial charge in [0.05, 0.1) is 12.7 Å². The normalized spacial score (nSPS) is 24.7. The smallest absolute Gasteiger partial charge is 0.0685 e. The van der Waals surface area contributed by atoms with E-state index in [0.717, 1.165) is 13.0 Å². The van der Waals surface area contributed by atoms with E-state index in [-0.39, 0.29) is 0 Å². The number of hydrogen-bond donors (Lipinski definition) is 0. The SMILES string of the molecule is CC1CC(C(C)C)=C(C(C)C)CO1. The van der Waals surface area contributed by atoms with Crippen LogP contribution in [0.25, 0.3) is 0 Å². The van der Waals surface area contributed by atoms with Gasteiger partial charge in [0, 0.05) is 0 Å². The van der Waals surface area contributed by atoms with Gasteiger partial charge in [0.2, 0.25) is 0 Å². The van der Waals surface area contributed by atoms with E-state index in [1.165, 1.54) is 5.57 Å². The van der Waals surface area contributed by atoms with E-state index in [1.54, 1.807) is 5.57 Å². The third kappa shape index (κ3) is 2.57. The summed E-state index contributed by atoms with van der Waals surface area (Å²) in [6.07, 6.45) is 1.55. The van der Waals surface area contributed by atoms with Crippen molar-refractivity contribution < 1.29 is 4.74 Å². The Labute approximate surface area is 82.2 Å². The molecule has 1 heterocycles. The van der Waals surface area contributed by atoms with Gasteiger partial charge in [0.1, 0.15) is 0 Å². The van der Waals surface area contributed by atoms with E-state index in [1.807, 2.05) is 0 Å². The highest BCUT2D eigenvalue weighted by molar-refractivity contribution is 5.21. The Balaban J connectivity index is 2.87. The number of ether oxygens (including phenoxy) is 1. The average Bonchev–Trinajstić information content (AvgIpc) is 2.03. The van der Waals surface area contributed by atoms with Gasteiger partial charge in [-0.15, -0.1) is 0 Å². The first-order valence-electron chi connectivity index (χ1n) is 5.35. The molecule has 0 bridgehead atoms. The maximum Gasteiger partial charge on any atom is 0.0685 e. The van der Waals surface area contributed by atoms with Crippen LogP contribution in [-0.2, 0) is 4.74 Å². The summed E-state index contributed by atoms with van der Waals surface area (Å²) in [4.78, 5) is 0. The van der Waals surface area contributed by atoms with Gasteiger partial charge in [0.15, 0.2) is 0 Å². The van der Waals surface area contributed by atoms with Crippen molar-refractivity contribution in [1.29, 1.82) is 0 Å². The molecule has 76 valence electrons. The van der Waals surface area contributed by atoms with Crippen molar-refractivity contribution in [3.05, 3.63) is 11.1 Å². The summed E-state index contributed by atoms with van der Waals surface area (Å²) in [5, 5.41) is 0. The molecule has 0 aromatic rings. The van der Waals surface area contributed by atoms with Gasteiger partial charge in [-0.3, -0.25) is 0 Å². The Morgan fingerprint density at radius 2 is 1.62 bits per heavy atom. The van der Waals surface area contributed by atoms with Crippen molar-refractivity contribution in [2.45, 2.75) is 47.1 Å². The summed E-state index contributed by atoms with van der Waals surface area (Å²) in [5.74, 6) is 1.33. The van der Waals surface area contributed by atoms with Crippen LogP contribution in [0.3, 0.4) is 0 Å². The third-order valence-electron chi connectivity index (χ3n) is 2.84. The molecule has 0 aliphatic carbocycles. The molecular formula is C12H22O. The van der Waals surface area contributed by atoms with Crippen LogP contribution >= 0.6 is 0 Å². The second-order valence-corrected chi connectivity index (χ2v) is 4.69. The fourth-order valence-electron chi connectivity index (χ4n) is 1.97. The fraction of sp³-hybridized carbons (Fsp3) is 0.833. The Morgan fingerprint density at radius 1 is 1.08 bits per heavy atom. The van der Waals surface area contributed by atoms with E-state index >= 15 is 0 Å². The van der Waals surface area contributed by atoms with E-state index < -0.39 is 0 Å². The molecule has 0 fully saturated rings. The van der Waals surface area contributed by atoms with Crippen molar-refractivity contribution in [3.8, 4) is 0 Å². The quantitative estimate of drug-likeness (QED) is 0.595. The molecule has 0 spiro atoms. The minimum Gasteiger partial charge on any atom is -0.374 e. The molecule has 1 heteroatoms. The summed E-state index contributed by atoms with van der Waals surface area (Å²) in [7, 11) is 0. The predicted octanol–water partition coefficient (Wildman–Crippen LogP) is 3.40. The predicted molar refractivity (Wildman–Crippen MR) is 56.7 cm³/mol. The van der Waals surface area contributed by atoms with Gasteiger partial charge >= 0.3 is 0 Å². The lowest BCUT2D eigenvalue weighted by molar-refractivity contribution is 0.0643. The number of rotatable bonds is 2. The topological polar surface area (TPSA) is 9.23 Å². The summed E-state index contributed by atoms with van der Waals surface area (Å²) in [6, 6.07) is 0. The molecular weight excluding hydrogens is 160 g/mol. The second-order valence-electron chi connectivity index (χ2n) is 4.69. The molecule has 1 aliphatic rings. The summed E-state index contributed by atoms with van der Waals surface area (Å²) >= 11 is 0. The largest absolute Gasteiger partial charge is 0.374 e. The summed E-state index contributed by atoms with van der Waals surface area (Å²) in [6.45, 7) is 12.1. The third-order valence-corrected chi connectivity index (χ3v) is 2.84. The lowest BCUT2D eigenvalue weighted by Crippen LogP contribution is -2.23. The van der Waals surface area contributed by atoms with Crippen LogP contribution in [0.1, 0.15) is 41.0 Å². The monoisotopic (exact) mass is 182 g/mol. The number of hydrogen-bond acceptors (Lipinski definition) is 1. The lowest BCUT2D eigenvalue weighted by atomic mass is 9.86. The molecule has 1 unspecified atom stereocenters. The van der Waals surface area contributed by atoms with Crippen molar-refractivity contribution in [2.75, 3.05) is 6.61 Å². The lowest BCUT2D eigenvalue weighted by Gasteiger charge is -2.29. The van der Waals surface area contributed by atoms with Crippen LogP contribution < -0.4 is 0 Å². The zero-order valence-corrected chi connectivity index (χ0v) is 9.55. The Hall–Kier alpha value is -0.300. The van der Waals surface area contributed by atoms with E-state index in [4.69, 9.17) is 4.74 Å². The van der Waals surface area contributed by atoms with E-state index in [9.17, 15) is 0 Å². The Kier molecular flexibility index (Phi) is 3.55. The van der Waals surface area contributed by atoms with E-state index in [2.05, 4.69) is 34.6 Å². The van der Waals surface area contributed by atoms with Gasteiger partial charge in [0.25, 0.3) is 0 Å². The first-order chi connectivity index (χ1) is 6.02. The zero-order valence-electron chi connectivity index (χ0n) is 9.55. The Bertz CT molecular complexity index is 201. The van der Waals surface area contributed by atoms with Crippen molar-refractivity contribution >= 4 is 0 Å². The minimum atomic E-state index is 0.417. The first kappa shape index (κ1) is 10.8. The van der Waals surface area contributed by atoms with Crippen molar-refractivity contribution in [1.82, 2.24) is 0 Å². The van der Waals surface area contributed by atoms with Crippen molar-refractivity contribution in [2.24, 2.45) is 11.8 Å². The van der Waals surface area contributed by atoms with Crippen LogP contribution in [0.2, 0.25) is 0 Å².